The lowest BCUT2D eigenvalue weighted by Gasteiger charge is -2.19. The van der Waals surface area contributed by atoms with E-state index in [9.17, 15) is 18.0 Å². The van der Waals surface area contributed by atoms with Gasteiger partial charge in [0, 0.05) is 36.2 Å². The van der Waals surface area contributed by atoms with Crippen LogP contribution in [0.5, 0.6) is 0 Å². The second-order valence-electron chi connectivity index (χ2n) is 11.2. The number of aryl methyl sites for hydroxylation is 1. The Morgan fingerprint density at radius 1 is 0.824 bits per heavy atom. The van der Waals surface area contributed by atoms with E-state index in [-0.39, 0.29) is 23.3 Å². The summed E-state index contributed by atoms with van der Waals surface area (Å²) >= 11 is 3.65. The predicted octanol–water partition coefficient (Wildman–Crippen LogP) is 5.19. The van der Waals surface area contributed by atoms with Crippen LogP contribution in [0.1, 0.15) is 36.8 Å². The molecule has 1 unspecified atom stereocenters. The van der Waals surface area contributed by atoms with Crippen molar-refractivity contribution < 1.29 is 32.6 Å². The Hall–Kier alpha value is -2.82. The second-order valence-corrected chi connectivity index (χ2v) is 16.0. The number of hydrogen-bond acceptors (Lipinski definition) is 11. The molecule has 3 rings (SSSR count). The summed E-state index contributed by atoms with van der Waals surface area (Å²) in [5.41, 5.74) is 8.20. The van der Waals surface area contributed by atoms with Crippen LogP contribution < -0.4 is 15.8 Å². The van der Waals surface area contributed by atoms with E-state index in [1.165, 1.54) is 5.41 Å². The summed E-state index contributed by atoms with van der Waals surface area (Å²) in [7, 11) is 0.0481. The summed E-state index contributed by atoms with van der Waals surface area (Å²) in [4.78, 5) is 23.8. The van der Waals surface area contributed by atoms with Gasteiger partial charge in [-0.05, 0) is 55.4 Å². The van der Waals surface area contributed by atoms with Crippen molar-refractivity contribution in [2.75, 3.05) is 44.5 Å². The first-order valence-corrected chi connectivity index (χ1v) is 21.3. The third-order valence-electron chi connectivity index (χ3n) is 7.06. The van der Waals surface area contributed by atoms with Gasteiger partial charge in [0.2, 0.25) is 11.8 Å². The number of amides is 2. The van der Waals surface area contributed by atoms with Crippen molar-refractivity contribution in [3.8, 4) is 0 Å². The number of aliphatic hydroxyl groups is 1. The molecule has 0 bridgehead atoms. The largest absolute Gasteiger partial charge is 0.394 e. The number of rotatable bonds is 24. The van der Waals surface area contributed by atoms with Crippen LogP contribution in [0.3, 0.4) is 0 Å². The minimum absolute atomic E-state index is 0.0948. The molecule has 0 aliphatic carbocycles. The molecule has 0 heterocycles. The Kier molecular flexibility index (Phi) is 24.2. The monoisotopic (exact) mass is 777 g/mol. The number of nitrogens with two attached hydrogens (primary N) is 1. The molecule has 0 aromatic heterocycles. The molecule has 0 radical (unpaired) electrons. The van der Waals surface area contributed by atoms with Gasteiger partial charge in [0.05, 0.1) is 37.2 Å². The van der Waals surface area contributed by atoms with Crippen LogP contribution >= 0.6 is 34.4 Å². The fourth-order valence-electron chi connectivity index (χ4n) is 4.37. The molecule has 3 aromatic carbocycles. The molecule has 0 aliphatic rings. The lowest BCUT2D eigenvalue weighted by atomic mass is 10.0. The van der Waals surface area contributed by atoms with Crippen molar-refractivity contribution in [1.29, 1.82) is 0 Å². The number of thiol groups is 1. The van der Waals surface area contributed by atoms with Gasteiger partial charge in [0.15, 0.2) is 9.84 Å². The highest BCUT2D eigenvalue weighted by molar-refractivity contribution is 8.76. The van der Waals surface area contributed by atoms with Gasteiger partial charge >= 0.3 is 0 Å². The number of aliphatic hydroxyl groups excluding tert-OH is 1. The molecule has 3 aromatic rings. The zero-order valence-electron chi connectivity index (χ0n) is 28.8. The third kappa shape index (κ3) is 21.3. The maximum Gasteiger partial charge on any atom is 0.237 e. The summed E-state index contributed by atoms with van der Waals surface area (Å²) < 4.78 is 38.0. The first-order valence-electron chi connectivity index (χ1n) is 16.8. The minimum atomic E-state index is -3.61. The lowest BCUT2D eigenvalue weighted by molar-refractivity contribution is -0.123. The maximum atomic E-state index is 12.7. The van der Waals surface area contributed by atoms with Gasteiger partial charge < -0.3 is 30.4 Å². The maximum absolute atomic E-state index is 12.7. The molecule has 2 atom stereocenters. The molecule has 0 saturated heterocycles. The normalized spacial score (nSPS) is 12.5. The van der Waals surface area contributed by atoms with Gasteiger partial charge in [-0.25, -0.2) is 8.42 Å². The van der Waals surface area contributed by atoms with E-state index in [0.29, 0.717) is 52.1 Å². The van der Waals surface area contributed by atoms with Crippen molar-refractivity contribution in [2.45, 2.75) is 55.5 Å². The third-order valence-corrected chi connectivity index (χ3v) is 11.3. The van der Waals surface area contributed by atoms with E-state index in [4.69, 9.17) is 20.3 Å². The number of nitrogens with one attached hydrogen (secondary N) is 2. The summed E-state index contributed by atoms with van der Waals surface area (Å²) in [5, 5.41) is 12.6. The number of carbonyl (C=O) groups excluding carboxylic acids is 2. The van der Waals surface area contributed by atoms with Gasteiger partial charge in [-0.2, -0.15) is 0 Å². The molecule has 0 aliphatic heterocycles. The van der Waals surface area contributed by atoms with E-state index in [0.717, 1.165) is 35.5 Å². The number of sulfone groups is 1. The topological polar surface area (TPSA) is 157 Å². The molecule has 0 fully saturated rings. The molecule has 14 heteroatoms. The SMILES string of the molecule is NC(Cc1ccccc1)C(=O)N[C@H](/C=C/S(=O)(=O)c1ccccc1)CCc1ccccc1.O=C(CCOCCCSSCCCOCCO)NS. The molecule has 51 heavy (non-hydrogen) atoms. The molecular formula is C37H51N3O7S4. The van der Waals surface area contributed by atoms with Gasteiger partial charge in [0.25, 0.3) is 0 Å². The zero-order valence-corrected chi connectivity index (χ0v) is 32.2. The lowest BCUT2D eigenvalue weighted by Crippen LogP contribution is -2.46. The van der Waals surface area contributed by atoms with Crippen LogP contribution in [0, 0.1) is 0 Å². The highest BCUT2D eigenvalue weighted by Gasteiger charge is 2.18. The fraction of sp³-hybridized carbons (Fsp3) is 0.405. The van der Waals surface area contributed by atoms with E-state index in [1.54, 1.807) is 36.4 Å². The smallest absolute Gasteiger partial charge is 0.237 e. The highest BCUT2D eigenvalue weighted by Crippen LogP contribution is 2.22. The zero-order chi connectivity index (χ0) is 37.0. The van der Waals surface area contributed by atoms with E-state index >= 15 is 0 Å². The highest BCUT2D eigenvalue weighted by atomic mass is 33.1. The average molecular weight is 778 g/mol. The average Bonchev–Trinajstić information content (AvgIpc) is 3.15. The van der Waals surface area contributed by atoms with Gasteiger partial charge in [-0.3, -0.25) is 9.59 Å². The van der Waals surface area contributed by atoms with Crippen LogP contribution in [0.4, 0.5) is 0 Å². The molecule has 2 amide bonds. The van der Waals surface area contributed by atoms with E-state index < -0.39 is 21.9 Å². The molecular weight excluding hydrogens is 727 g/mol. The quantitative estimate of drug-likeness (QED) is 0.0467. The Labute approximate surface area is 316 Å². The predicted molar refractivity (Wildman–Crippen MR) is 212 cm³/mol. The van der Waals surface area contributed by atoms with Crippen molar-refractivity contribution in [1.82, 2.24) is 10.0 Å². The van der Waals surface area contributed by atoms with Crippen molar-refractivity contribution in [2.24, 2.45) is 5.73 Å². The Morgan fingerprint density at radius 2 is 1.37 bits per heavy atom. The molecule has 0 saturated carbocycles. The van der Waals surface area contributed by atoms with Crippen molar-refractivity contribution in [3.05, 3.63) is 114 Å². The minimum Gasteiger partial charge on any atom is -0.394 e. The fourth-order valence-corrected chi connectivity index (χ4v) is 7.69. The molecule has 10 nitrogen and oxygen atoms in total. The number of benzene rings is 3. The Morgan fingerprint density at radius 3 is 1.94 bits per heavy atom. The number of carbonyl (C=O) groups is 2. The standard InChI is InChI=1S/C26H28N2O3S.C11H23NO4S3/c27-25(20-22-12-6-2-7-13-22)26(29)28-23(17-16-21-10-4-1-5-11-21)18-19-32(30,31)24-14-8-3-9-15-24;13-4-8-16-6-2-10-19-18-9-1-5-15-7-3-11(14)12-17/h1-15,18-19,23,25H,16-17,20,27H2,(H,28,29);13,17H,1-10H2,(H,12,14)/b19-18+;/t23-,25?;/m0./s1. The van der Waals surface area contributed by atoms with Gasteiger partial charge in [-0.1, -0.05) is 119 Å². The van der Waals surface area contributed by atoms with E-state index in [1.807, 2.05) is 82.3 Å². The van der Waals surface area contributed by atoms with Crippen LogP contribution in [0.15, 0.2) is 107 Å². The first-order chi connectivity index (χ1) is 24.7. The van der Waals surface area contributed by atoms with Gasteiger partial charge in [-0.15, -0.1) is 0 Å². The second kappa shape index (κ2) is 27.8. The number of hydrogen-bond donors (Lipinski definition) is 5. The first kappa shape index (κ1) is 44.3. The summed E-state index contributed by atoms with van der Waals surface area (Å²) in [5.74, 6) is 1.67. The van der Waals surface area contributed by atoms with Crippen molar-refractivity contribution in [3.63, 3.8) is 0 Å². The van der Waals surface area contributed by atoms with Crippen LogP contribution in [-0.4, -0.2) is 82.0 Å². The molecule has 0 spiro atoms. The summed E-state index contributed by atoms with van der Waals surface area (Å²) in [6, 6.07) is 26.4. The Bertz CT molecular complexity index is 1490. The van der Waals surface area contributed by atoms with Gasteiger partial charge in [0.1, 0.15) is 0 Å². The van der Waals surface area contributed by atoms with Crippen LogP contribution in [-0.2, 0) is 41.7 Å². The van der Waals surface area contributed by atoms with Crippen LogP contribution in [0.2, 0.25) is 0 Å². The van der Waals surface area contributed by atoms with Crippen molar-refractivity contribution >= 4 is 56.1 Å². The Balaban J connectivity index is 0.000000408. The molecule has 5 N–H and O–H groups in total. The summed E-state index contributed by atoms with van der Waals surface area (Å²) in [6.45, 7) is 2.38. The molecule has 280 valence electrons. The number of ether oxygens (including phenoxy) is 2. The summed E-state index contributed by atoms with van der Waals surface area (Å²) in [6.07, 6.45) is 5.54. The van der Waals surface area contributed by atoms with Crippen LogP contribution in [0.25, 0.3) is 0 Å². The van der Waals surface area contributed by atoms with E-state index in [2.05, 4.69) is 22.9 Å².